The minimum Gasteiger partial charge on any atom is -0.508 e. The van der Waals surface area contributed by atoms with Gasteiger partial charge in [-0.25, -0.2) is 14.4 Å². The number of carboxylic acid groups (broad SMARTS) is 2. The molecule has 0 radical (unpaired) electrons. The Kier molecular flexibility index (Phi) is 7.81. The van der Waals surface area contributed by atoms with E-state index >= 15 is 0 Å². The van der Waals surface area contributed by atoms with Crippen molar-refractivity contribution >= 4 is 24.0 Å². The number of carbonyl (C=O) groups excluding carboxylic acids is 1. The van der Waals surface area contributed by atoms with Crippen LogP contribution in [-0.2, 0) is 25.5 Å². The third-order valence-electron chi connectivity index (χ3n) is 4.49. The van der Waals surface area contributed by atoms with Gasteiger partial charge in [-0.3, -0.25) is 0 Å². The highest BCUT2D eigenvalue weighted by molar-refractivity contribution is 5.93. The van der Waals surface area contributed by atoms with Crippen molar-refractivity contribution < 1.29 is 49.0 Å². The summed E-state index contributed by atoms with van der Waals surface area (Å²) in [4.78, 5) is 35.6. The van der Waals surface area contributed by atoms with Crippen LogP contribution in [0.1, 0.15) is 11.1 Å². The Labute approximate surface area is 182 Å². The van der Waals surface area contributed by atoms with Crippen LogP contribution in [0.5, 0.6) is 17.2 Å². The molecule has 0 fully saturated rings. The number of phenols is 1. The number of rotatable bonds is 10. The van der Waals surface area contributed by atoms with Crippen LogP contribution in [0, 0.1) is 0 Å². The summed E-state index contributed by atoms with van der Waals surface area (Å²) in [5, 5.41) is 38.9. The summed E-state index contributed by atoms with van der Waals surface area (Å²) in [7, 11) is 2.89. The molecule has 0 heterocycles. The van der Waals surface area contributed by atoms with Gasteiger partial charge in [0.25, 0.3) is 0 Å². The first-order valence-corrected chi connectivity index (χ1v) is 9.18. The molecule has 0 unspecified atom stereocenters. The second kappa shape index (κ2) is 10.3. The van der Waals surface area contributed by atoms with Crippen molar-refractivity contribution in [3.63, 3.8) is 0 Å². The Balaban J connectivity index is 2.24. The normalized spacial score (nSPS) is 13.7. The van der Waals surface area contributed by atoms with Gasteiger partial charge in [0.15, 0.2) is 11.5 Å². The minimum absolute atomic E-state index is 0.103. The zero-order valence-electron chi connectivity index (χ0n) is 17.2. The van der Waals surface area contributed by atoms with Gasteiger partial charge in [-0.05, 0) is 41.5 Å². The Morgan fingerprint density at radius 3 is 2.16 bits per heavy atom. The number of phenolic OH excluding ortho intramolecular Hbond substituents is 1. The average molecular weight is 446 g/mol. The fraction of sp³-hybridized carbons (Fsp3) is 0.227. The number of methoxy groups -OCH3 is 2. The maximum atomic E-state index is 12.2. The van der Waals surface area contributed by atoms with Gasteiger partial charge in [0.1, 0.15) is 5.75 Å². The molecule has 0 aliphatic heterocycles. The van der Waals surface area contributed by atoms with Gasteiger partial charge >= 0.3 is 17.9 Å². The first-order valence-electron chi connectivity index (χ1n) is 9.18. The quantitative estimate of drug-likeness (QED) is 0.311. The van der Waals surface area contributed by atoms with E-state index in [9.17, 15) is 34.8 Å². The number of ether oxygens (including phenoxy) is 3. The predicted octanol–water partition coefficient (Wildman–Crippen LogP) is 1.48. The van der Waals surface area contributed by atoms with Crippen molar-refractivity contribution in [1.82, 2.24) is 0 Å². The summed E-state index contributed by atoms with van der Waals surface area (Å²) in [6, 6.07) is 9.83. The second-order valence-corrected chi connectivity index (χ2v) is 6.68. The molecule has 170 valence electrons. The highest BCUT2D eigenvalue weighted by atomic mass is 16.6. The second-order valence-electron chi connectivity index (χ2n) is 6.68. The van der Waals surface area contributed by atoms with Crippen molar-refractivity contribution in [3.8, 4) is 17.2 Å². The molecule has 0 saturated heterocycles. The Morgan fingerprint density at radius 2 is 1.62 bits per heavy atom. The number of esters is 1. The first kappa shape index (κ1) is 24.2. The van der Waals surface area contributed by atoms with Crippen LogP contribution in [0.3, 0.4) is 0 Å². The third-order valence-corrected chi connectivity index (χ3v) is 4.49. The summed E-state index contributed by atoms with van der Waals surface area (Å²) in [5.74, 6) is -4.18. The van der Waals surface area contributed by atoms with Gasteiger partial charge in [-0.15, -0.1) is 0 Å². The number of carboxylic acids is 2. The Morgan fingerprint density at radius 1 is 1.00 bits per heavy atom. The van der Waals surface area contributed by atoms with Gasteiger partial charge in [-0.2, -0.15) is 0 Å². The molecule has 0 saturated carbocycles. The van der Waals surface area contributed by atoms with E-state index in [2.05, 4.69) is 0 Å². The van der Waals surface area contributed by atoms with E-state index < -0.39 is 36.0 Å². The van der Waals surface area contributed by atoms with Crippen LogP contribution in [0.25, 0.3) is 6.08 Å². The number of aromatic hydroxyl groups is 1. The van der Waals surface area contributed by atoms with Crippen LogP contribution in [-0.4, -0.2) is 64.3 Å². The van der Waals surface area contributed by atoms with Crippen molar-refractivity contribution in [2.24, 2.45) is 0 Å². The van der Waals surface area contributed by atoms with Crippen LogP contribution in [0.2, 0.25) is 0 Å². The van der Waals surface area contributed by atoms with Crippen molar-refractivity contribution in [2.45, 2.75) is 18.1 Å². The standard InChI is InChI=1S/C22H22O10/c1-30-16-9-5-13(11-17(16)31-2)6-10-18(24)32-19(20(25)26)22(29,21(27)28)12-14-3-7-15(23)8-4-14/h3-11,19,23,29H,12H2,1-2H3,(H,25,26)(H,27,28)/b10-6+/t19-,22-/m1/s1. The van der Waals surface area contributed by atoms with Gasteiger partial charge < -0.3 is 34.6 Å². The number of hydrogen-bond acceptors (Lipinski definition) is 8. The van der Waals surface area contributed by atoms with E-state index in [1.807, 2.05) is 0 Å². The maximum Gasteiger partial charge on any atom is 0.348 e. The van der Waals surface area contributed by atoms with E-state index in [1.54, 1.807) is 18.2 Å². The molecule has 2 aromatic carbocycles. The SMILES string of the molecule is COc1ccc(/C=C/C(=O)O[C@H](C(=O)O)[C@](O)(Cc2ccc(O)cc2)C(=O)O)cc1OC. The molecule has 0 amide bonds. The van der Waals surface area contributed by atoms with E-state index in [1.165, 1.54) is 44.6 Å². The van der Waals surface area contributed by atoms with Crippen LogP contribution < -0.4 is 9.47 Å². The summed E-state index contributed by atoms with van der Waals surface area (Å²) in [5.41, 5.74) is -2.27. The fourth-order valence-corrected chi connectivity index (χ4v) is 2.83. The zero-order valence-corrected chi connectivity index (χ0v) is 17.2. The molecule has 0 bridgehead atoms. The molecule has 0 aliphatic carbocycles. The molecule has 2 atom stereocenters. The number of aliphatic hydroxyl groups is 1. The lowest BCUT2D eigenvalue weighted by Crippen LogP contribution is -2.56. The summed E-state index contributed by atoms with van der Waals surface area (Å²) in [6.45, 7) is 0. The first-order chi connectivity index (χ1) is 15.1. The number of benzene rings is 2. The summed E-state index contributed by atoms with van der Waals surface area (Å²) < 4.78 is 15.1. The smallest absolute Gasteiger partial charge is 0.348 e. The molecule has 2 aromatic rings. The Bertz CT molecular complexity index is 1010. The largest absolute Gasteiger partial charge is 0.508 e. The molecule has 32 heavy (non-hydrogen) atoms. The van der Waals surface area contributed by atoms with Gasteiger partial charge in [0.2, 0.25) is 11.7 Å². The molecule has 0 spiro atoms. The highest BCUT2D eigenvalue weighted by Crippen LogP contribution is 2.28. The summed E-state index contributed by atoms with van der Waals surface area (Å²) >= 11 is 0. The third kappa shape index (κ3) is 5.76. The number of carbonyl (C=O) groups is 3. The van der Waals surface area contributed by atoms with E-state index in [0.29, 0.717) is 17.1 Å². The summed E-state index contributed by atoms with van der Waals surface area (Å²) in [6.07, 6.45) is -0.911. The van der Waals surface area contributed by atoms with Crippen LogP contribution in [0.4, 0.5) is 0 Å². The number of hydrogen-bond donors (Lipinski definition) is 4. The van der Waals surface area contributed by atoms with Crippen molar-refractivity contribution in [1.29, 1.82) is 0 Å². The maximum absolute atomic E-state index is 12.2. The lowest BCUT2D eigenvalue weighted by molar-refractivity contribution is -0.192. The van der Waals surface area contributed by atoms with Crippen LogP contribution >= 0.6 is 0 Å². The minimum atomic E-state index is -2.96. The van der Waals surface area contributed by atoms with Crippen molar-refractivity contribution in [3.05, 3.63) is 59.7 Å². The molecule has 0 aromatic heterocycles. The van der Waals surface area contributed by atoms with E-state index in [0.717, 1.165) is 6.08 Å². The van der Waals surface area contributed by atoms with Gasteiger partial charge in [-0.1, -0.05) is 18.2 Å². The zero-order chi connectivity index (χ0) is 23.9. The molecular weight excluding hydrogens is 424 g/mol. The lowest BCUT2D eigenvalue weighted by atomic mass is 9.88. The van der Waals surface area contributed by atoms with Crippen molar-refractivity contribution in [2.75, 3.05) is 14.2 Å². The van der Waals surface area contributed by atoms with Gasteiger partial charge in [0, 0.05) is 12.5 Å². The fourth-order valence-electron chi connectivity index (χ4n) is 2.83. The molecular formula is C22H22O10. The van der Waals surface area contributed by atoms with Crippen LogP contribution in [0.15, 0.2) is 48.5 Å². The Hall–Kier alpha value is -4.05. The molecule has 2 rings (SSSR count). The topological polar surface area (TPSA) is 160 Å². The number of aliphatic carboxylic acids is 2. The lowest BCUT2D eigenvalue weighted by Gasteiger charge is -2.29. The van der Waals surface area contributed by atoms with E-state index in [4.69, 9.17) is 14.2 Å². The van der Waals surface area contributed by atoms with E-state index in [-0.39, 0.29) is 11.3 Å². The predicted molar refractivity (Wildman–Crippen MR) is 110 cm³/mol. The molecule has 4 N–H and O–H groups in total. The molecule has 10 nitrogen and oxygen atoms in total. The highest BCUT2D eigenvalue weighted by Gasteiger charge is 2.51. The van der Waals surface area contributed by atoms with Gasteiger partial charge in [0.05, 0.1) is 14.2 Å². The monoisotopic (exact) mass is 446 g/mol. The average Bonchev–Trinajstić information content (AvgIpc) is 2.76. The molecule has 0 aliphatic rings. The molecule has 10 heteroatoms.